The van der Waals surface area contributed by atoms with Crippen LogP contribution in [0, 0.1) is 6.92 Å². The Morgan fingerprint density at radius 3 is 2.94 bits per heavy atom. The van der Waals surface area contributed by atoms with E-state index in [4.69, 9.17) is 16.3 Å². The Balaban J connectivity index is 2.10. The summed E-state index contributed by atoms with van der Waals surface area (Å²) >= 11 is 7.55. The Morgan fingerprint density at radius 2 is 2.22 bits per heavy atom. The molecule has 0 atom stereocenters. The lowest BCUT2D eigenvalue weighted by Gasteiger charge is -2.06. The van der Waals surface area contributed by atoms with Gasteiger partial charge in [0.1, 0.15) is 5.75 Å². The summed E-state index contributed by atoms with van der Waals surface area (Å²) in [6.07, 6.45) is 0.819. The van der Waals surface area contributed by atoms with E-state index in [1.54, 1.807) is 6.07 Å². The Kier molecular flexibility index (Phi) is 2.88. The molecule has 2 aromatic rings. The van der Waals surface area contributed by atoms with E-state index in [0.29, 0.717) is 22.9 Å². The number of thiophene rings is 1. The maximum atomic E-state index is 12.4. The highest BCUT2D eigenvalue weighted by Crippen LogP contribution is 2.35. The van der Waals surface area contributed by atoms with Gasteiger partial charge in [-0.3, -0.25) is 4.79 Å². The fourth-order valence-corrected chi connectivity index (χ4v) is 3.19. The zero-order chi connectivity index (χ0) is 12.7. The van der Waals surface area contributed by atoms with Crippen LogP contribution in [-0.4, -0.2) is 12.4 Å². The maximum absolute atomic E-state index is 12.4. The molecule has 18 heavy (non-hydrogen) atoms. The van der Waals surface area contributed by atoms with Crippen LogP contribution in [0.4, 0.5) is 0 Å². The fourth-order valence-electron chi connectivity index (χ4n) is 2.13. The quantitative estimate of drug-likeness (QED) is 0.780. The molecule has 92 valence electrons. The standard InChI is InChI=1S/C14H11ClO2S/c1-8-2-3-12(18-8)13(16)11-7-10(15)6-9-4-5-17-14(9)11/h2-3,6-7H,4-5H2,1H3. The molecule has 0 spiro atoms. The van der Waals surface area contributed by atoms with Crippen LogP contribution in [-0.2, 0) is 6.42 Å². The lowest BCUT2D eigenvalue weighted by atomic mass is 10.0. The van der Waals surface area contributed by atoms with Gasteiger partial charge >= 0.3 is 0 Å². The van der Waals surface area contributed by atoms with Gasteiger partial charge in [-0.2, -0.15) is 0 Å². The zero-order valence-electron chi connectivity index (χ0n) is 9.83. The van der Waals surface area contributed by atoms with Gasteiger partial charge in [-0.15, -0.1) is 11.3 Å². The molecule has 1 aromatic carbocycles. The Morgan fingerprint density at radius 1 is 1.39 bits per heavy atom. The summed E-state index contributed by atoms with van der Waals surface area (Å²) < 4.78 is 5.56. The topological polar surface area (TPSA) is 26.3 Å². The molecule has 1 aliphatic rings. The van der Waals surface area contributed by atoms with E-state index in [1.165, 1.54) is 11.3 Å². The van der Waals surface area contributed by atoms with Gasteiger partial charge in [0, 0.05) is 16.3 Å². The second-order valence-electron chi connectivity index (χ2n) is 4.28. The van der Waals surface area contributed by atoms with Crippen LogP contribution in [0.5, 0.6) is 5.75 Å². The van der Waals surface area contributed by atoms with Gasteiger partial charge in [-0.05, 0) is 36.8 Å². The number of ketones is 1. The van der Waals surface area contributed by atoms with Crippen molar-refractivity contribution in [2.75, 3.05) is 6.61 Å². The minimum absolute atomic E-state index is 0.00579. The number of hydrogen-bond donors (Lipinski definition) is 0. The number of hydrogen-bond acceptors (Lipinski definition) is 3. The first-order chi connectivity index (χ1) is 8.65. The zero-order valence-corrected chi connectivity index (χ0v) is 11.4. The molecule has 0 N–H and O–H groups in total. The predicted molar refractivity (Wildman–Crippen MR) is 73.1 cm³/mol. The third kappa shape index (κ3) is 1.93. The molecular weight excluding hydrogens is 268 g/mol. The van der Waals surface area contributed by atoms with Crippen LogP contribution in [0.3, 0.4) is 0 Å². The van der Waals surface area contributed by atoms with Crippen LogP contribution >= 0.6 is 22.9 Å². The van der Waals surface area contributed by atoms with Crippen molar-refractivity contribution in [1.82, 2.24) is 0 Å². The van der Waals surface area contributed by atoms with Gasteiger partial charge < -0.3 is 4.74 Å². The number of carbonyl (C=O) groups is 1. The molecule has 0 bridgehead atoms. The van der Waals surface area contributed by atoms with E-state index < -0.39 is 0 Å². The SMILES string of the molecule is Cc1ccc(C(=O)c2cc(Cl)cc3c2OCC3)s1. The lowest BCUT2D eigenvalue weighted by molar-refractivity contribution is 0.103. The molecule has 2 heterocycles. The molecule has 0 saturated heterocycles. The summed E-state index contributed by atoms with van der Waals surface area (Å²) in [5.41, 5.74) is 1.61. The Labute approximate surface area is 114 Å². The highest BCUT2D eigenvalue weighted by atomic mass is 35.5. The largest absolute Gasteiger partial charge is 0.492 e. The normalized spacial score (nSPS) is 13.2. The highest BCUT2D eigenvalue weighted by Gasteiger charge is 2.23. The molecular formula is C14H11ClO2S. The maximum Gasteiger partial charge on any atom is 0.206 e. The molecule has 0 amide bonds. The van der Waals surface area contributed by atoms with Crippen molar-refractivity contribution in [1.29, 1.82) is 0 Å². The molecule has 0 fully saturated rings. The van der Waals surface area contributed by atoms with Crippen LogP contribution in [0.2, 0.25) is 5.02 Å². The van der Waals surface area contributed by atoms with Crippen molar-refractivity contribution < 1.29 is 9.53 Å². The van der Waals surface area contributed by atoms with Crippen molar-refractivity contribution in [3.63, 3.8) is 0 Å². The lowest BCUT2D eigenvalue weighted by Crippen LogP contribution is -2.01. The van der Waals surface area contributed by atoms with Crippen LogP contribution in [0.15, 0.2) is 24.3 Å². The van der Waals surface area contributed by atoms with Crippen molar-refractivity contribution in [3.05, 3.63) is 50.2 Å². The number of ether oxygens (including phenoxy) is 1. The first kappa shape index (κ1) is 11.8. The van der Waals surface area contributed by atoms with Crippen molar-refractivity contribution in [2.24, 2.45) is 0 Å². The molecule has 0 unspecified atom stereocenters. The van der Waals surface area contributed by atoms with Crippen LogP contribution in [0.1, 0.15) is 25.7 Å². The molecule has 1 aromatic heterocycles. The van der Waals surface area contributed by atoms with Gasteiger partial charge in [-0.25, -0.2) is 0 Å². The second-order valence-corrected chi connectivity index (χ2v) is 6.00. The minimum Gasteiger partial charge on any atom is -0.492 e. The molecule has 1 aliphatic heterocycles. The molecule has 0 saturated carbocycles. The average Bonchev–Trinajstić information content (AvgIpc) is 2.95. The van der Waals surface area contributed by atoms with Crippen LogP contribution in [0.25, 0.3) is 0 Å². The predicted octanol–water partition coefficient (Wildman–Crippen LogP) is 3.88. The van der Waals surface area contributed by atoms with E-state index in [-0.39, 0.29) is 5.78 Å². The molecule has 0 radical (unpaired) electrons. The molecule has 0 aliphatic carbocycles. The number of benzene rings is 1. The third-order valence-corrected chi connectivity index (χ3v) is 4.17. The molecule has 2 nitrogen and oxygen atoms in total. The average molecular weight is 279 g/mol. The summed E-state index contributed by atoms with van der Waals surface area (Å²) in [4.78, 5) is 14.3. The fraction of sp³-hybridized carbons (Fsp3) is 0.214. The summed E-state index contributed by atoms with van der Waals surface area (Å²) in [5.74, 6) is 0.698. The van der Waals surface area contributed by atoms with E-state index in [0.717, 1.165) is 21.7 Å². The van der Waals surface area contributed by atoms with Crippen molar-refractivity contribution >= 4 is 28.7 Å². The minimum atomic E-state index is -0.00579. The third-order valence-electron chi connectivity index (χ3n) is 2.96. The summed E-state index contributed by atoms with van der Waals surface area (Å²) in [5, 5.41) is 0.593. The van der Waals surface area contributed by atoms with E-state index >= 15 is 0 Å². The second kappa shape index (κ2) is 4.41. The highest BCUT2D eigenvalue weighted by molar-refractivity contribution is 7.14. The van der Waals surface area contributed by atoms with Crippen LogP contribution < -0.4 is 4.74 Å². The number of halogens is 1. The Bertz CT molecular complexity index is 631. The smallest absolute Gasteiger partial charge is 0.206 e. The monoisotopic (exact) mass is 278 g/mol. The van der Waals surface area contributed by atoms with E-state index in [1.807, 2.05) is 25.1 Å². The molecule has 4 heteroatoms. The van der Waals surface area contributed by atoms with Gasteiger partial charge in [0.05, 0.1) is 17.0 Å². The van der Waals surface area contributed by atoms with Crippen molar-refractivity contribution in [3.8, 4) is 5.75 Å². The molecule has 3 rings (SSSR count). The summed E-state index contributed by atoms with van der Waals surface area (Å²) in [7, 11) is 0. The van der Waals surface area contributed by atoms with E-state index in [2.05, 4.69) is 0 Å². The Hall–Kier alpha value is -1.32. The number of aryl methyl sites for hydroxylation is 1. The first-order valence-corrected chi connectivity index (χ1v) is 6.91. The van der Waals surface area contributed by atoms with E-state index in [9.17, 15) is 4.79 Å². The number of carbonyl (C=O) groups excluding carboxylic acids is 1. The van der Waals surface area contributed by atoms with Gasteiger partial charge in [0.2, 0.25) is 5.78 Å². The van der Waals surface area contributed by atoms with Gasteiger partial charge in [0.25, 0.3) is 0 Å². The number of fused-ring (bicyclic) bond motifs is 1. The summed E-state index contributed by atoms with van der Waals surface area (Å²) in [6, 6.07) is 7.37. The number of rotatable bonds is 2. The van der Waals surface area contributed by atoms with Crippen molar-refractivity contribution in [2.45, 2.75) is 13.3 Å². The first-order valence-electron chi connectivity index (χ1n) is 5.71. The summed E-state index contributed by atoms with van der Waals surface area (Å²) in [6.45, 7) is 2.61. The van der Waals surface area contributed by atoms with Gasteiger partial charge in [0.15, 0.2) is 0 Å². The van der Waals surface area contributed by atoms with Gasteiger partial charge in [-0.1, -0.05) is 11.6 Å².